The Hall–Kier alpha value is 1.34. The van der Waals surface area contributed by atoms with Gasteiger partial charge in [0, 0.05) is 0 Å². The highest BCUT2D eigenvalue weighted by Gasteiger charge is 2.18. The standard InChI is InChI=1S/C14H30O17S4.C10H22O5S4.C2H6S2/c1-32(15,16)28-9-24-7-13(26-11-30-34(3,19)20)5-23-6-14(27-12-31-35(4,21)22)8-25-10-29-33(2,17)18;16-5-12-3-9(14-7-18)1-11-2-10(15-8-19)4-13-6-17;1-3-4-2/h13-14H,5-12H2,1-4H3;9-10,16-19H,1-8H2;1-2H3. The van der Waals surface area contributed by atoms with E-state index in [-0.39, 0.29) is 38.6 Å². The van der Waals surface area contributed by atoms with Crippen LogP contribution in [0.15, 0.2) is 0 Å². The zero-order chi connectivity index (χ0) is 44.9. The average Bonchev–Trinajstić information content (AvgIpc) is 3.11. The van der Waals surface area contributed by atoms with Gasteiger partial charge in [-0.3, -0.25) is 0 Å². The van der Waals surface area contributed by atoms with E-state index in [1.807, 2.05) is 0 Å². The molecule has 58 heavy (non-hydrogen) atoms. The minimum atomic E-state index is -3.81. The van der Waals surface area contributed by atoms with Crippen molar-refractivity contribution in [2.45, 2.75) is 24.4 Å². The lowest BCUT2D eigenvalue weighted by molar-refractivity contribution is -0.139. The third-order valence-electron chi connectivity index (χ3n) is 5.22. The Morgan fingerprint density at radius 3 is 0.845 bits per heavy atom. The van der Waals surface area contributed by atoms with Gasteiger partial charge in [0.05, 0.1) is 102 Å². The van der Waals surface area contributed by atoms with Crippen LogP contribution in [-0.2, 0) is 105 Å². The van der Waals surface area contributed by atoms with Crippen molar-refractivity contribution < 1.29 is 97.8 Å². The van der Waals surface area contributed by atoms with Crippen LogP contribution in [0.3, 0.4) is 0 Å². The van der Waals surface area contributed by atoms with Crippen molar-refractivity contribution >= 4 is 113 Å². The summed E-state index contributed by atoms with van der Waals surface area (Å²) in [4.78, 5) is 0. The van der Waals surface area contributed by atoms with E-state index < -0.39 is 79.9 Å². The molecule has 0 aromatic heterocycles. The van der Waals surface area contributed by atoms with Crippen LogP contribution in [0.2, 0.25) is 0 Å². The van der Waals surface area contributed by atoms with Gasteiger partial charge in [0.2, 0.25) is 0 Å². The summed E-state index contributed by atoms with van der Waals surface area (Å²) in [5.41, 5.74) is 0. The van der Waals surface area contributed by atoms with Crippen LogP contribution in [0, 0.1) is 0 Å². The monoisotopic (exact) mass is 1040 g/mol. The molecule has 0 rings (SSSR count). The van der Waals surface area contributed by atoms with Gasteiger partial charge in [0.25, 0.3) is 40.5 Å². The quantitative estimate of drug-likeness (QED) is 0.0217. The summed E-state index contributed by atoms with van der Waals surface area (Å²) in [6.07, 6.45) is 5.05. The molecular weight excluding hydrogens is 985 g/mol. The Morgan fingerprint density at radius 2 is 0.603 bits per heavy atom. The van der Waals surface area contributed by atoms with E-state index in [4.69, 9.17) is 47.4 Å². The van der Waals surface area contributed by atoms with Gasteiger partial charge in [-0.05, 0) is 12.5 Å². The largest absolute Gasteiger partial charge is 0.376 e. The molecule has 0 aliphatic carbocycles. The molecule has 4 unspecified atom stereocenters. The summed E-state index contributed by atoms with van der Waals surface area (Å²) in [6.45, 7) is -2.21. The highest BCUT2D eigenvalue weighted by Crippen LogP contribution is 2.09. The highest BCUT2D eigenvalue weighted by atomic mass is 33.1. The summed E-state index contributed by atoms with van der Waals surface area (Å²) in [6, 6.07) is 0. The maximum atomic E-state index is 11.1. The van der Waals surface area contributed by atoms with Crippen LogP contribution in [0.25, 0.3) is 0 Å². The van der Waals surface area contributed by atoms with Crippen LogP contribution in [0.1, 0.15) is 0 Å². The van der Waals surface area contributed by atoms with Crippen LogP contribution in [0.4, 0.5) is 0 Å². The van der Waals surface area contributed by atoms with E-state index in [1.165, 1.54) is 0 Å². The number of hydrogen-bond acceptors (Lipinski definition) is 28. The third kappa shape index (κ3) is 53.5. The zero-order valence-electron chi connectivity index (χ0n) is 32.8. The first-order chi connectivity index (χ1) is 27.1. The maximum Gasteiger partial charge on any atom is 0.266 e. The third-order valence-corrected chi connectivity index (χ3v) is 9.32. The topological polar surface area (TPSA) is 266 Å². The second-order valence-electron chi connectivity index (χ2n) is 10.3. The van der Waals surface area contributed by atoms with Gasteiger partial charge in [-0.2, -0.15) is 84.2 Å². The minimum absolute atomic E-state index is 0.174. The number of ether oxygens (including phenoxy) is 10. The van der Waals surface area contributed by atoms with E-state index in [1.54, 1.807) is 21.6 Å². The molecule has 4 atom stereocenters. The van der Waals surface area contributed by atoms with E-state index in [9.17, 15) is 33.7 Å². The van der Waals surface area contributed by atoms with Crippen molar-refractivity contribution in [3.05, 3.63) is 0 Å². The smallest absolute Gasteiger partial charge is 0.266 e. The molecule has 32 heteroatoms. The summed E-state index contributed by atoms with van der Waals surface area (Å²) in [5, 5.41) is 0. The molecule has 0 fully saturated rings. The molecule has 354 valence electrons. The molecule has 0 amide bonds. The molecule has 22 nitrogen and oxygen atoms in total. The normalized spacial score (nSPS) is 14.4. The van der Waals surface area contributed by atoms with Crippen molar-refractivity contribution in [2.75, 3.05) is 141 Å². The average molecular weight is 1040 g/mol. The van der Waals surface area contributed by atoms with Crippen molar-refractivity contribution in [1.82, 2.24) is 0 Å². The molecule has 0 aliphatic heterocycles. The first kappa shape index (κ1) is 63.6. The van der Waals surface area contributed by atoms with E-state index in [0.29, 0.717) is 50.2 Å². The van der Waals surface area contributed by atoms with Crippen LogP contribution >= 0.6 is 72.1 Å². The molecule has 0 saturated heterocycles. The van der Waals surface area contributed by atoms with E-state index in [2.05, 4.69) is 79.8 Å². The highest BCUT2D eigenvalue weighted by molar-refractivity contribution is 8.76. The van der Waals surface area contributed by atoms with Gasteiger partial charge in [-0.15, -0.1) is 0 Å². The Kier molecular flexibility index (Phi) is 43.8. The molecule has 0 radical (unpaired) electrons. The Bertz CT molecular complexity index is 1270. The Balaban J connectivity index is -0.00000110. The molecule has 0 aliphatic rings. The van der Waals surface area contributed by atoms with Gasteiger partial charge in [-0.25, -0.2) is 16.7 Å². The van der Waals surface area contributed by atoms with Gasteiger partial charge in [-0.1, -0.05) is 21.6 Å². The Morgan fingerprint density at radius 1 is 0.362 bits per heavy atom. The van der Waals surface area contributed by atoms with Gasteiger partial charge < -0.3 is 47.4 Å². The predicted octanol–water partition coefficient (Wildman–Crippen LogP) is 0.525. The molecule has 0 N–H and O–H groups in total. The summed E-state index contributed by atoms with van der Waals surface area (Å²) in [7, 11) is -11.6. The zero-order valence-corrected chi connectivity index (χ0v) is 41.3. The van der Waals surface area contributed by atoms with Crippen LogP contribution < -0.4 is 0 Å². The van der Waals surface area contributed by atoms with Crippen molar-refractivity contribution in [2.24, 2.45) is 0 Å². The van der Waals surface area contributed by atoms with Crippen LogP contribution in [0.5, 0.6) is 0 Å². The molecule has 0 saturated carbocycles. The number of hydrogen-bond donors (Lipinski definition) is 4. The fourth-order valence-electron chi connectivity index (χ4n) is 2.84. The van der Waals surface area contributed by atoms with Crippen molar-refractivity contribution in [3.8, 4) is 0 Å². The second-order valence-corrected chi connectivity index (χ2v) is 20.6. The number of thiol groups is 4. The summed E-state index contributed by atoms with van der Waals surface area (Å²) < 4.78 is 158. The second kappa shape index (κ2) is 39.9. The first-order valence-electron chi connectivity index (χ1n) is 15.9. The van der Waals surface area contributed by atoms with Gasteiger partial charge in [0.15, 0.2) is 27.2 Å². The Labute approximate surface area is 373 Å². The molecule has 0 aromatic carbocycles. The van der Waals surface area contributed by atoms with Gasteiger partial charge >= 0.3 is 0 Å². The lowest BCUT2D eigenvalue weighted by atomic mass is 10.4. The maximum absolute atomic E-state index is 11.1. The first-order valence-corrected chi connectivity index (χ1v) is 28.6. The van der Waals surface area contributed by atoms with E-state index in [0.717, 1.165) is 25.0 Å². The van der Waals surface area contributed by atoms with Crippen LogP contribution in [-0.4, -0.2) is 199 Å². The molecule has 0 bridgehead atoms. The fraction of sp³-hybridized carbons (Fsp3) is 1.00. The number of rotatable bonds is 37. The molecular formula is C26H58O22S10. The van der Waals surface area contributed by atoms with E-state index >= 15 is 0 Å². The SMILES string of the molecule is CS(=O)(=O)OCOCC(COCC(COCOS(C)(=O)=O)OCOS(C)(=O)=O)OCOS(C)(=O)=O.CSSC.SCOCC(COCC(COCS)OCS)OCS. The van der Waals surface area contributed by atoms with Crippen molar-refractivity contribution in [1.29, 1.82) is 0 Å². The van der Waals surface area contributed by atoms with Gasteiger partial charge in [0.1, 0.15) is 24.4 Å². The minimum Gasteiger partial charge on any atom is -0.376 e. The lowest BCUT2D eigenvalue weighted by Crippen LogP contribution is -2.32. The lowest BCUT2D eigenvalue weighted by Gasteiger charge is -2.21. The summed E-state index contributed by atoms with van der Waals surface area (Å²) >= 11 is 15.9. The predicted molar refractivity (Wildman–Crippen MR) is 231 cm³/mol. The molecule has 0 spiro atoms. The fourth-order valence-corrected chi connectivity index (χ4v) is 4.42. The van der Waals surface area contributed by atoms with Crippen molar-refractivity contribution in [3.63, 3.8) is 0 Å². The molecule has 0 aromatic rings. The summed E-state index contributed by atoms with van der Waals surface area (Å²) in [5.74, 6) is 1.30. The molecule has 0 heterocycles.